The van der Waals surface area contributed by atoms with Crippen LogP contribution in [0.1, 0.15) is 0 Å². The first kappa shape index (κ1) is 20.8. The predicted molar refractivity (Wildman–Crippen MR) is 78.0 cm³/mol. The number of nitro benzene ring substituents is 1. The van der Waals surface area contributed by atoms with Gasteiger partial charge in [-0.25, -0.2) is 13.4 Å². The second-order valence-corrected chi connectivity index (χ2v) is 6.11. The molecule has 1 aromatic heterocycles. The molecular weight excluding hydrogens is 383 g/mol. The molecule has 0 atom stereocenters. The van der Waals surface area contributed by atoms with E-state index in [1.54, 1.807) is 24.5 Å². The molecule has 0 fully saturated rings. The molecule has 0 radical (unpaired) electrons. The van der Waals surface area contributed by atoms with E-state index in [1.165, 1.54) is 12.1 Å². The topological polar surface area (TPSA) is 144 Å². The first-order valence-electron chi connectivity index (χ1n) is 6.45. The fourth-order valence-corrected chi connectivity index (χ4v) is 2.47. The van der Waals surface area contributed by atoms with Crippen molar-refractivity contribution in [3.05, 3.63) is 58.9 Å². The highest BCUT2D eigenvalue weighted by molar-refractivity contribution is 7.92. The maximum atomic E-state index is 12.0. The van der Waals surface area contributed by atoms with Crippen molar-refractivity contribution in [2.24, 2.45) is 0 Å². The van der Waals surface area contributed by atoms with Crippen LogP contribution in [0, 0.1) is 10.1 Å². The van der Waals surface area contributed by atoms with Crippen LogP contribution in [0.2, 0.25) is 0 Å². The van der Waals surface area contributed by atoms with E-state index >= 15 is 0 Å². The number of aliphatic carboxylic acids is 1. The molecular formula is C13H10F3N3O6S. The van der Waals surface area contributed by atoms with Crippen LogP contribution in [-0.2, 0) is 14.8 Å². The van der Waals surface area contributed by atoms with Crippen LogP contribution in [0.4, 0.5) is 24.5 Å². The van der Waals surface area contributed by atoms with Crippen LogP contribution in [0.3, 0.4) is 0 Å². The van der Waals surface area contributed by atoms with Gasteiger partial charge < -0.3 is 9.90 Å². The van der Waals surface area contributed by atoms with Crippen molar-refractivity contribution in [1.82, 2.24) is 0 Å². The minimum atomic E-state index is -5.19. The number of aromatic amines is 1. The summed E-state index contributed by atoms with van der Waals surface area (Å²) in [6.07, 6.45) is -2.04. The van der Waals surface area contributed by atoms with E-state index in [9.17, 15) is 31.7 Å². The molecule has 2 N–H and O–H groups in total. The van der Waals surface area contributed by atoms with Crippen molar-refractivity contribution >= 4 is 27.4 Å². The highest BCUT2D eigenvalue weighted by Gasteiger charge is 2.28. The van der Waals surface area contributed by atoms with Gasteiger partial charge in [0.15, 0.2) is 12.4 Å². The van der Waals surface area contributed by atoms with Gasteiger partial charge in [-0.1, -0.05) is 0 Å². The number of anilines is 1. The molecule has 9 nitrogen and oxygen atoms in total. The summed E-state index contributed by atoms with van der Waals surface area (Å²) in [5.41, 5.74) is 0.241. The minimum absolute atomic E-state index is 0.0362. The number of rotatable bonds is 4. The van der Waals surface area contributed by atoms with Crippen LogP contribution >= 0.6 is 0 Å². The Labute approximate surface area is 144 Å². The van der Waals surface area contributed by atoms with Crippen LogP contribution in [0.5, 0.6) is 0 Å². The van der Waals surface area contributed by atoms with E-state index in [1.807, 2.05) is 0 Å². The van der Waals surface area contributed by atoms with Crippen molar-refractivity contribution < 1.29 is 41.4 Å². The first-order chi connectivity index (χ1) is 11.9. The lowest BCUT2D eigenvalue weighted by Crippen LogP contribution is -2.37. The number of carboxylic acids is 1. The summed E-state index contributed by atoms with van der Waals surface area (Å²) in [7, 11) is -3.74. The van der Waals surface area contributed by atoms with Crippen molar-refractivity contribution in [3.8, 4) is 0 Å². The van der Waals surface area contributed by atoms with Gasteiger partial charge in [-0.15, -0.1) is 0 Å². The highest BCUT2D eigenvalue weighted by atomic mass is 32.2. The number of non-ortho nitro benzene ring substituents is 1. The fraction of sp³-hybridized carbons (Fsp3) is 0.0769. The number of aromatic nitrogens is 1. The molecule has 0 aliphatic carbocycles. The number of nitrogens with zero attached hydrogens (tertiary/aromatic N) is 1. The lowest BCUT2D eigenvalue weighted by Gasteiger charge is -2.06. The average Bonchev–Trinajstić information content (AvgIpc) is 2.55. The minimum Gasteiger partial charge on any atom is -0.542 e. The lowest BCUT2D eigenvalue weighted by molar-refractivity contribution is -0.384. The van der Waals surface area contributed by atoms with Gasteiger partial charge in [-0.3, -0.25) is 14.8 Å². The number of carbonyl (C=O) groups excluding carboxylic acids is 1. The number of hydrogen-bond acceptors (Lipinski definition) is 6. The average molecular weight is 393 g/mol. The number of carbonyl (C=O) groups is 1. The lowest BCUT2D eigenvalue weighted by atomic mass is 10.3. The SMILES string of the molecule is O=C([O-])C(F)(F)F.O=[N+]([O-])c1ccc(S(=O)(=O)Nc2cc[nH+]cc2)cc1. The number of nitrogens with one attached hydrogen (secondary N) is 2. The summed E-state index contributed by atoms with van der Waals surface area (Å²) in [5, 5.41) is 19.3. The number of hydrogen-bond donors (Lipinski definition) is 1. The van der Waals surface area contributed by atoms with Crippen molar-refractivity contribution in [2.45, 2.75) is 11.1 Å². The van der Waals surface area contributed by atoms with Crippen LogP contribution < -0.4 is 14.8 Å². The van der Waals surface area contributed by atoms with Crippen LogP contribution in [0.15, 0.2) is 53.7 Å². The van der Waals surface area contributed by atoms with Gasteiger partial charge in [0, 0.05) is 24.3 Å². The Hall–Kier alpha value is -3.22. The third-order valence-corrected chi connectivity index (χ3v) is 3.96. The maximum Gasteiger partial charge on any atom is 0.430 e. The number of sulfonamides is 1. The number of alkyl halides is 3. The number of carboxylic acid groups (broad SMARTS) is 1. The molecule has 0 aliphatic rings. The molecule has 0 bridgehead atoms. The summed E-state index contributed by atoms with van der Waals surface area (Å²) >= 11 is 0. The molecule has 1 heterocycles. The second-order valence-electron chi connectivity index (χ2n) is 4.43. The molecule has 0 amide bonds. The number of pyridine rings is 1. The van der Waals surface area contributed by atoms with Gasteiger partial charge in [-0.2, -0.15) is 13.2 Å². The molecule has 13 heteroatoms. The normalized spacial score (nSPS) is 11.0. The van der Waals surface area contributed by atoms with Gasteiger partial charge in [0.1, 0.15) is 5.97 Å². The van der Waals surface area contributed by atoms with Crippen molar-refractivity contribution in [2.75, 3.05) is 4.72 Å². The Morgan fingerprint density at radius 2 is 1.54 bits per heavy atom. The van der Waals surface area contributed by atoms with E-state index in [2.05, 4.69) is 9.71 Å². The summed E-state index contributed by atoms with van der Waals surface area (Å²) in [5.74, 6) is -3.01. The summed E-state index contributed by atoms with van der Waals surface area (Å²) in [4.78, 5) is 21.4. The van der Waals surface area contributed by atoms with Crippen LogP contribution in [-0.4, -0.2) is 25.5 Å². The van der Waals surface area contributed by atoms with Gasteiger partial charge in [0.05, 0.1) is 15.5 Å². The molecule has 0 aliphatic heterocycles. The highest BCUT2D eigenvalue weighted by Crippen LogP contribution is 2.18. The second kappa shape index (κ2) is 8.24. The first-order valence-corrected chi connectivity index (χ1v) is 7.93. The smallest absolute Gasteiger partial charge is 0.430 e. The van der Waals surface area contributed by atoms with Gasteiger partial charge in [-0.05, 0) is 12.1 Å². The zero-order chi connectivity index (χ0) is 20.0. The zero-order valence-corrected chi connectivity index (χ0v) is 13.4. The number of benzene rings is 1. The third kappa shape index (κ3) is 6.35. The Morgan fingerprint density at radius 3 is 1.92 bits per heavy atom. The van der Waals surface area contributed by atoms with E-state index < -0.39 is 27.1 Å². The third-order valence-electron chi connectivity index (χ3n) is 2.56. The molecule has 26 heavy (non-hydrogen) atoms. The summed E-state index contributed by atoms with van der Waals surface area (Å²) in [6, 6.07) is 7.79. The molecule has 140 valence electrons. The maximum absolute atomic E-state index is 12.0. The van der Waals surface area contributed by atoms with Gasteiger partial charge in [0.2, 0.25) is 0 Å². The Kier molecular flexibility index (Phi) is 6.60. The fourth-order valence-electron chi connectivity index (χ4n) is 1.42. The van der Waals surface area contributed by atoms with E-state index in [4.69, 9.17) is 9.90 Å². The Balaban J connectivity index is 0.000000412. The zero-order valence-electron chi connectivity index (χ0n) is 12.6. The van der Waals surface area contributed by atoms with Crippen LogP contribution in [0.25, 0.3) is 0 Å². The number of nitro groups is 1. The molecule has 2 aromatic rings. The Morgan fingerprint density at radius 1 is 1.08 bits per heavy atom. The summed E-state index contributed by atoms with van der Waals surface area (Å²) < 4.78 is 57.9. The van der Waals surface area contributed by atoms with E-state index in [0.29, 0.717) is 5.69 Å². The standard InChI is InChI=1S/C11H9N3O4S.C2HF3O2/c15-14(16)10-1-3-11(4-2-10)19(17,18)13-9-5-7-12-8-6-9;3-2(4,5)1(6)7/h1-8H,(H,12,13);(H,6,7). The molecule has 2 rings (SSSR count). The largest absolute Gasteiger partial charge is 0.542 e. The molecule has 0 saturated carbocycles. The molecule has 0 spiro atoms. The summed E-state index contributed by atoms with van der Waals surface area (Å²) in [6.45, 7) is 0. The molecule has 0 unspecified atom stereocenters. The van der Waals surface area contributed by atoms with Crippen molar-refractivity contribution in [1.29, 1.82) is 0 Å². The molecule has 1 aromatic carbocycles. The van der Waals surface area contributed by atoms with Crippen molar-refractivity contribution in [3.63, 3.8) is 0 Å². The number of H-pyrrole nitrogens is 1. The molecule has 0 saturated heterocycles. The Bertz CT molecular complexity index is 870. The van der Waals surface area contributed by atoms with E-state index in [-0.39, 0.29) is 10.6 Å². The van der Waals surface area contributed by atoms with Gasteiger partial charge in [0.25, 0.3) is 15.7 Å². The van der Waals surface area contributed by atoms with E-state index in [0.717, 1.165) is 12.1 Å². The predicted octanol–water partition coefficient (Wildman–Crippen LogP) is 0.508. The monoisotopic (exact) mass is 393 g/mol. The van der Waals surface area contributed by atoms with Gasteiger partial charge >= 0.3 is 6.18 Å². The number of halogens is 3. The quantitative estimate of drug-likeness (QED) is 0.592.